The minimum absolute atomic E-state index is 0.578. The molecular weight excluding hydrogens is 258 g/mol. The van der Waals surface area contributed by atoms with Gasteiger partial charge >= 0.3 is 0 Å². The van der Waals surface area contributed by atoms with E-state index in [4.69, 9.17) is 0 Å². The smallest absolute Gasteiger partial charge is 0.0946 e. The van der Waals surface area contributed by atoms with E-state index in [0.717, 1.165) is 19.6 Å². The fourth-order valence-electron chi connectivity index (χ4n) is 2.72. The van der Waals surface area contributed by atoms with E-state index in [-0.39, 0.29) is 0 Å². The van der Waals surface area contributed by atoms with Crippen LogP contribution in [0.15, 0.2) is 61.2 Å². The third-order valence-corrected chi connectivity index (χ3v) is 3.77. The van der Waals surface area contributed by atoms with Crippen LogP contribution in [-0.2, 0) is 13.1 Å². The van der Waals surface area contributed by atoms with E-state index >= 15 is 0 Å². The van der Waals surface area contributed by atoms with Crippen molar-refractivity contribution in [3.8, 4) is 0 Å². The first kappa shape index (κ1) is 13.8. The molecule has 0 saturated carbocycles. The number of aromatic nitrogens is 2. The van der Waals surface area contributed by atoms with Crippen molar-refractivity contribution in [3.63, 3.8) is 0 Å². The Balaban J connectivity index is 1.57. The van der Waals surface area contributed by atoms with E-state index in [0.29, 0.717) is 5.92 Å². The first-order valence-electron chi connectivity index (χ1n) is 7.46. The van der Waals surface area contributed by atoms with Gasteiger partial charge in [0, 0.05) is 25.5 Å². The van der Waals surface area contributed by atoms with Crippen molar-refractivity contribution in [1.29, 1.82) is 0 Å². The summed E-state index contributed by atoms with van der Waals surface area (Å²) in [5.41, 5.74) is 1.36. The molecule has 0 aliphatic rings. The highest BCUT2D eigenvalue weighted by atomic mass is 15.0. The monoisotopic (exact) mass is 279 g/mol. The molecule has 2 aromatic carbocycles. The zero-order chi connectivity index (χ0) is 14.5. The number of benzene rings is 2. The van der Waals surface area contributed by atoms with Gasteiger partial charge < -0.3 is 9.88 Å². The zero-order valence-corrected chi connectivity index (χ0v) is 12.4. The lowest BCUT2D eigenvalue weighted by atomic mass is 10.0. The largest absolute Gasteiger partial charge is 0.337 e. The van der Waals surface area contributed by atoms with Gasteiger partial charge in [-0.1, -0.05) is 49.4 Å². The van der Waals surface area contributed by atoms with Gasteiger partial charge in [0.2, 0.25) is 0 Å². The second kappa shape index (κ2) is 6.55. The third-order valence-electron chi connectivity index (χ3n) is 3.77. The molecule has 0 spiro atoms. The van der Waals surface area contributed by atoms with Crippen LogP contribution in [-0.4, -0.2) is 16.1 Å². The number of hydrogen-bond acceptors (Lipinski definition) is 2. The number of nitrogens with one attached hydrogen (secondary N) is 1. The van der Waals surface area contributed by atoms with Gasteiger partial charge in [0.05, 0.1) is 6.33 Å². The number of fused-ring (bicyclic) bond motifs is 1. The zero-order valence-electron chi connectivity index (χ0n) is 12.4. The van der Waals surface area contributed by atoms with Crippen LogP contribution in [0.5, 0.6) is 0 Å². The average molecular weight is 279 g/mol. The summed E-state index contributed by atoms with van der Waals surface area (Å²) in [5.74, 6) is 0.578. The second-order valence-corrected chi connectivity index (χ2v) is 5.63. The first-order chi connectivity index (χ1) is 10.3. The molecule has 0 saturated heterocycles. The van der Waals surface area contributed by atoms with Crippen LogP contribution in [0.1, 0.15) is 12.5 Å². The maximum Gasteiger partial charge on any atom is 0.0946 e. The van der Waals surface area contributed by atoms with Gasteiger partial charge in [0.15, 0.2) is 0 Å². The predicted molar refractivity (Wildman–Crippen MR) is 87.0 cm³/mol. The standard InChI is InChI=1S/C18H21N3/c1-15(13-21-10-9-19-14-21)11-20-12-17-7-4-6-16-5-2-3-8-18(16)17/h2-10,14-15,20H,11-13H2,1H3. The molecule has 1 N–H and O–H groups in total. The Hall–Kier alpha value is -2.13. The summed E-state index contributed by atoms with van der Waals surface area (Å²) >= 11 is 0. The van der Waals surface area contributed by atoms with E-state index in [9.17, 15) is 0 Å². The molecule has 0 amide bonds. The molecule has 1 atom stereocenters. The molecule has 0 aliphatic heterocycles. The second-order valence-electron chi connectivity index (χ2n) is 5.63. The van der Waals surface area contributed by atoms with E-state index in [2.05, 4.69) is 64.3 Å². The Kier molecular flexibility index (Phi) is 4.31. The van der Waals surface area contributed by atoms with Gasteiger partial charge in [-0.3, -0.25) is 0 Å². The van der Waals surface area contributed by atoms with Gasteiger partial charge in [-0.15, -0.1) is 0 Å². The Bertz CT molecular complexity index is 683. The Morgan fingerprint density at radius 2 is 2.00 bits per heavy atom. The predicted octanol–water partition coefficient (Wildman–Crippen LogP) is 3.46. The molecule has 1 aromatic heterocycles. The van der Waals surface area contributed by atoms with Gasteiger partial charge in [-0.05, 0) is 28.8 Å². The van der Waals surface area contributed by atoms with Crippen LogP contribution in [0.2, 0.25) is 0 Å². The maximum atomic E-state index is 4.08. The number of hydrogen-bond donors (Lipinski definition) is 1. The summed E-state index contributed by atoms with van der Waals surface area (Å²) in [5, 5.41) is 6.22. The molecule has 3 nitrogen and oxygen atoms in total. The molecule has 3 aromatic rings. The van der Waals surface area contributed by atoms with Crippen LogP contribution >= 0.6 is 0 Å². The third kappa shape index (κ3) is 3.50. The van der Waals surface area contributed by atoms with Crippen molar-refractivity contribution in [2.75, 3.05) is 6.54 Å². The van der Waals surface area contributed by atoms with Crippen molar-refractivity contribution < 1.29 is 0 Å². The van der Waals surface area contributed by atoms with E-state index < -0.39 is 0 Å². The molecule has 1 unspecified atom stereocenters. The topological polar surface area (TPSA) is 29.9 Å². The number of rotatable bonds is 6. The molecule has 108 valence electrons. The van der Waals surface area contributed by atoms with Crippen LogP contribution in [0.3, 0.4) is 0 Å². The molecule has 21 heavy (non-hydrogen) atoms. The summed E-state index contributed by atoms with van der Waals surface area (Å²) in [6.45, 7) is 5.18. The summed E-state index contributed by atoms with van der Waals surface area (Å²) in [7, 11) is 0. The van der Waals surface area contributed by atoms with Crippen molar-refractivity contribution in [2.24, 2.45) is 5.92 Å². The van der Waals surface area contributed by atoms with Crippen LogP contribution < -0.4 is 5.32 Å². The molecule has 0 fully saturated rings. The van der Waals surface area contributed by atoms with Crippen molar-refractivity contribution >= 4 is 10.8 Å². The summed E-state index contributed by atoms with van der Waals surface area (Å²) in [6.07, 6.45) is 5.72. The molecule has 0 bridgehead atoms. The van der Waals surface area contributed by atoms with Crippen LogP contribution in [0.4, 0.5) is 0 Å². The Labute approximate surface area is 125 Å². The normalized spacial score (nSPS) is 12.6. The summed E-state index contributed by atoms with van der Waals surface area (Å²) in [6, 6.07) is 15.1. The van der Waals surface area contributed by atoms with Gasteiger partial charge in [-0.25, -0.2) is 4.98 Å². The lowest BCUT2D eigenvalue weighted by Gasteiger charge is -2.14. The maximum absolute atomic E-state index is 4.08. The molecule has 0 aliphatic carbocycles. The molecule has 3 heteroatoms. The molecule has 3 rings (SSSR count). The van der Waals surface area contributed by atoms with Crippen LogP contribution in [0.25, 0.3) is 10.8 Å². The van der Waals surface area contributed by atoms with E-state index in [1.807, 2.05) is 18.7 Å². The highest BCUT2D eigenvalue weighted by molar-refractivity contribution is 5.85. The van der Waals surface area contributed by atoms with E-state index in [1.54, 1.807) is 0 Å². The quantitative estimate of drug-likeness (QED) is 0.749. The summed E-state index contributed by atoms with van der Waals surface area (Å²) in [4.78, 5) is 4.08. The van der Waals surface area contributed by atoms with Crippen LogP contribution in [0, 0.1) is 5.92 Å². The lowest BCUT2D eigenvalue weighted by Crippen LogP contribution is -2.23. The first-order valence-corrected chi connectivity index (χ1v) is 7.46. The fraction of sp³-hybridized carbons (Fsp3) is 0.278. The molecule has 1 heterocycles. The minimum atomic E-state index is 0.578. The van der Waals surface area contributed by atoms with Crippen molar-refractivity contribution in [3.05, 3.63) is 66.7 Å². The van der Waals surface area contributed by atoms with E-state index in [1.165, 1.54) is 16.3 Å². The summed E-state index contributed by atoms with van der Waals surface area (Å²) < 4.78 is 2.13. The van der Waals surface area contributed by atoms with Gasteiger partial charge in [-0.2, -0.15) is 0 Å². The Morgan fingerprint density at radius 3 is 2.86 bits per heavy atom. The molecule has 0 radical (unpaired) electrons. The Morgan fingerprint density at radius 1 is 1.14 bits per heavy atom. The van der Waals surface area contributed by atoms with Gasteiger partial charge in [0.25, 0.3) is 0 Å². The average Bonchev–Trinajstić information content (AvgIpc) is 3.00. The fourth-order valence-corrected chi connectivity index (χ4v) is 2.72. The number of nitrogens with zero attached hydrogens (tertiary/aromatic N) is 2. The highest BCUT2D eigenvalue weighted by Crippen LogP contribution is 2.18. The van der Waals surface area contributed by atoms with Gasteiger partial charge in [0.1, 0.15) is 0 Å². The highest BCUT2D eigenvalue weighted by Gasteiger charge is 2.04. The molecular formula is C18H21N3. The SMILES string of the molecule is CC(CNCc1cccc2ccccc12)Cn1ccnc1. The lowest BCUT2D eigenvalue weighted by molar-refractivity contribution is 0.445. The van der Waals surface area contributed by atoms with Crippen molar-refractivity contribution in [1.82, 2.24) is 14.9 Å². The number of imidazole rings is 1. The minimum Gasteiger partial charge on any atom is -0.337 e. The van der Waals surface area contributed by atoms with Crippen molar-refractivity contribution in [2.45, 2.75) is 20.0 Å².